The van der Waals surface area contributed by atoms with Crippen molar-refractivity contribution < 1.29 is 14.2 Å². The van der Waals surface area contributed by atoms with Gasteiger partial charge in [0, 0.05) is 67.5 Å². The molecule has 280 valence electrons. The van der Waals surface area contributed by atoms with E-state index in [2.05, 4.69) is 81.1 Å². The third-order valence-corrected chi connectivity index (χ3v) is 11.0. The van der Waals surface area contributed by atoms with Gasteiger partial charge in [0.15, 0.2) is 0 Å². The first-order chi connectivity index (χ1) is 26.4. The lowest BCUT2D eigenvalue weighted by Crippen LogP contribution is -2.34. The summed E-state index contributed by atoms with van der Waals surface area (Å²) in [5.74, 6) is 3.55. The molecule has 2 aliphatic heterocycles. The van der Waals surface area contributed by atoms with Crippen LogP contribution in [0.2, 0.25) is 5.02 Å². The van der Waals surface area contributed by atoms with Crippen molar-refractivity contribution in [3.05, 3.63) is 124 Å². The molecule has 10 heteroatoms. The number of nitrogens with zero attached hydrogens (tertiary/aromatic N) is 5. The van der Waals surface area contributed by atoms with E-state index in [0.29, 0.717) is 47.8 Å². The molecule has 0 radical (unpaired) electrons. The number of H-pyrrole nitrogens is 1. The Hall–Kier alpha value is -4.88. The molecule has 2 saturated heterocycles. The second kappa shape index (κ2) is 18.0. The van der Waals surface area contributed by atoms with E-state index in [0.717, 1.165) is 89.4 Å². The minimum absolute atomic E-state index is 0.257. The molecule has 3 aromatic carbocycles. The van der Waals surface area contributed by atoms with Gasteiger partial charge in [0.1, 0.15) is 42.4 Å². The fourth-order valence-corrected chi connectivity index (χ4v) is 7.96. The molecule has 1 unspecified atom stereocenters. The summed E-state index contributed by atoms with van der Waals surface area (Å²) in [6.45, 7) is 11.7. The summed E-state index contributed by atoms with van der Waals surface area (Å²) >= 11 is 6.97. The molecular formula is C44H49ClN6O3. The van der Waals surface area contributed by atoms with Gasteiger partial charge in [-0.05, 0) is 112 Å². The summed E-state index contributed by atoms with van der Waals surface area (Å²) in [5, 5.41) is 9.93. The Bertz CT molecular complexity index is 2060. The van der Waals surface area contributed by atoms with Crippen LogP contribution >= 0.6 is 11.6 Å². The van der Waals surface area contributed by atoms with Gasteiger partial charge in [-0.3, -0.25) is 9.88 Å². The number of hydrogen-bond donors (Lipinski definition) is 1. The van der Waals surface area contributed by atoms with Crippen LogP contribution in [0.3, 0.4) is 0 Å². The van der Waals surface area contributed by atoms with Crippen LogP contribution in [0.25, 0.3) is 11.1 Å². The number of hydrogen-bond acceptors (Lipinski definition) is 8. The highest BCUT2D eigenvalue weighted by molar-refractivity contribution is 6.32. The number of benzene rings is 3. The number of halogens is 1. The Kier molecular flexibility index (Phi) is 12.5. The number of aromatic amines is 1. The van der Waals surface area contributed by atoms with Crippen molar-refractivity contribution in [2.24, 2.45) is 0 Å². The maximum Gasteiger partial charge on any atom is 0.142 e. The van der Waals surface area contributed by atoms with Crippen LogP contribution in [-0.2, 0) is 19.8 Å². The summed E-state index contributed by atoms with van der Waals surface area (Å²) in [5.41, 5.74) is 7.96. The van der Waals surface area contributed by atoms with E-state index in [1.165, 1.54) is 25.9 Å². The number of pyridine rings is 1. The molecule has 2 fully saturated rings. The highest BCUT2D eigenvalue weighted by atomic mass is 35.5. The summed E-state index contributed by atoms with van der Waals surface area (Å²) in [4.78, 5) is 17.0. The van der Waals surface area contributed by atoms with Crippen molar-refractivity contribution in [3.8, 4) is 34.4 Å². The zero-order valence-electron chi connectivity index (χ0n) is 31.3. The fourth-order valence-electron chi connectivity index (χ4n) is 7.72. The number of nitriles is 1. The lowest BCUT2D eigenvalue weighted by atomic mass is 9.93. The topological polar surface area (TPSA) is 99.5 Å². The van der Waals surface area contributed by atoms with E-state index < -0.39 is 0 Å². The van der Waals surface area contributed by atoms with Crippen LogP contribution in [0.1, 0.15) is 77.2 Å². The molecule has 0 spiro atoms. The van der Waals surface area contributed by atoms with E-state index in [1.54, 1.807) is 18.5 Å². The molecule has 9 nitrogen and oxygen atoms in total. The Balaban J connectivity index is 1.07. The van der Waals surface area contributed by atoms with Gasteiger partial charge in [-0.25, -0.2) is 4.98 Å². The van der Waals surface area contributed by atoms with Crippen molar-refractivity contribution in [1.82, 2.24) is 24.8 Å². The Morgan fingerprint density at radius 3 is 2.46 bits per heavy atom. The van der Waals surface area contributed by atoms with Crippen LogP contribution in [0, 0.1) is 25.2 Å². The molecule has 2 aliphatic rings. The lowest BCUT2D eigenvalue weighted by molar-refractivity contribution is 0.192. The third kappa shape index (κ3) is 9.25. The van der Waals surface area contributed by atoms with Gasteiger partial charge >= 0.3 is 0 Å². The monoisotopic (exact) mass is 744 g/mol. The summed E-state index contributed by atoms with van der Waals surface area (Å²) in [7, 11) is 0. The maximum absolute atomic E-state index is 9.40. The second-order valence-corrected chi connectivity index (χ2v) is 14.9. The van der Waals surface area contributed by atoms with Gasteiger partial charge in [0.25, 0.3) is 0 Å². The first-order valence-corrected chi connectivity index (χ1v) is 19.5. The zero-order valence-corrected chi connectivity index (χ0v) is 32.1. The molecule has 0 saturated carbocycles. The van der Waals surface area contributed by atoms with Crippen LogP contribution in [0.5, 0.6) is 17.2 Å². The van der Waals surface area contributed by atoms with Gasteiger partial charge in [0.05, 0.1) is 17.2 Å². The van der Waals surface area contributed by atoms with E-state index in [4.69, 9.17) is 25.8 Å². The van der Waals surface area contributed by atoms with E-state index >= 15 is 0 Å². The molecule has 4 heterocycles. The average Bonchev–Trinajstić information content (AvgIpc) is 3.93. The van der Waals surface area contributed by atoms with Gasteiger partial charge in [-0.2, -0.15) is 5.26 Å². The molecule has 0 bridgehead atoms. The normalized spacial score (nSPS) is 16.3. The standard InChI is InChI=1S/C44H49ClN6O3/c1-31-36(9-5-11-38(31)39-12-6-13-41(32(39)2)52-20-8-19-50-16-3-4-17-50)30-54-43-23-42(53-29-34-21-33(24-46)25-47-26-34)37(22-40(43)45)28-51-18-7-10-35(27-51)44-48-14-15-49-44/h5-6,9,11-15,21-23,25-26,35H,3-4,7-8,10,16-20,27-30H2,1-2H3,(H,48,49). The Labute approximate surface area is 323 Å². The van der Waals surface area contributed by atoms with Crippen LogP contribution in [0.15, 0.2) is 79.4 Å². The highest BCUT2D eigenvalue weighted by Crippen LogP contribution is 2.37. The number of likely N-dealkylation sites (tertiary alicyclic amines) is 2. The fraction of sp³-hybridized carbons (Fsp3) is 0.386. The summed E-state index contributed by atoms with van der Waals surface area (Å²) < 4.78 is 19.2. The number of imidazole rings is 1. The first kappa shape index (κ1) is 37.4. The van der Waals surface area contributed by atoms with E-state index in [9.17, 15) is 5.26 Å². The SMILES string of the molecule is Cc1c(COc2cc(OCc3cncc(C#N)c3)c(CN3CCCC(c4ncc[nH]4)C3)cc2Cl)cccc1-c1cccc(OCCCN2CCCC2)c1C. The first-order valence-electron chi connectivity index (χ1n) is 19.1. The molecule has 7 rings (SSSR count). The minimum atomic E-state index is 0.257. The van der Waals surface area contributed by atoms with Crippen molar-refractivity contribution in [2.45, 2.75) is 71.6 Å². The highest BCUT2D eigenvalue weighted by Gasteiger charge is 2.25. The molecule has 2 aromatic heterocycles. The number of ether oxygens (including phenoxy) is 3. The Morgan fingerprint density at radius 1 is 0.852 bits per heavy atom. The molecule has 54 heavy (non-hydrogen) atoms. The van der Waals surface area contributed by atoms with Crippen molar-refractivity contribution in [1.29, 1.82) is 5.26 Å². The van der Waals surface area contributed by atoms with Crippen molar-refractivity contribution >= 4 is 11.6 Å². The molecule has 1 N–H and O–H groups in total. The third-order valence-electron chi connectivity index (χ3n) is 10.7. The number of nitrogens with one attached hydrogen (secondary N) is 1. The smallest absolute Gasteiger partial charge is 0.142 e. The lowest BCUT2D eigenvalue weighted by Gasteiger charge is -2.32. The molecule has 1 atom stereocenters. The predicted octanol–water partition coefficient (Wildman–Crippen LogP) is 9.02. The second-order valence-electron chi connectivity index (χ2n) is 14.5. The number of piperidine rings is 1. The number of rotatable bonds is 15. The number of aromatic nitrogens is 3. The van der Waals surface area contributed by atoms with Gasteiger partial charge in [-0.1, -0.05) is 41.9 Å². The van der Waals surface area contributed by atoms with Crippen LogP contribution in [-0.4, -0.2) is 64.1 Å². The van der Waals surface area contributed by atoms with Gasteiger partial charge in [-0.15, -0.1) is 0 Å². The summed E-state index contributed by atoms with van der Waals surface area (Å²) in [6, 6.07) is 20.5. The van der Waals surface area contributed by atoms with Gasteiger partial charge in [0.2, 0.25) is 0 Å². The van der Waals surface area contributed by atoms with Crippen molar-refractivity contribution in [3.63, 3.8) is 0 Å². The van der Waals surface area contributed by atoms with Crippen molar-refractivity contribution in [2.75, 3.05) is 39.3 Å². The largest absolute Gasteiger partial charge is 0.493 e. The molecule has 0 aliphatic carbocycles. The zero-order chi connectivity index (χ0) is 37.3. The van der Waals surface area contributed by atoms with Crippen LogP contribution < -0.4 is 14.2 Å². The van der Waals surface area contributed by atoms with Gasteiger partial charge < -0.3 is 24.1 Å². The van der Waals surface area contributed by atoms with E-state index in [1.807, 2.05) is 24.5 Å². The summed E-state index contributed by atoms with van der Waals surface area (Å²) in [6.07, 6.45) is 12.8. The molecule has 5 aromatic rings. The maximum atomic E-state index is 9.40. The molecule has 0 amide bonds. The minimum Gasteiger partial charge on any atom is -0.493 e. The Morgan fingerprint density at radius 2 is 1.65 bits per heavy atom. The quantitative estimate of drug-likeness (QED) is 0.106. The van der Waals surface area contributed by atoms with E-state index in [-0.39, 0.29) is 6.61 Å². The van der Waals surface area contributed by atoms with Crippen LogP contribution in [0.4, 0.5) is 0 Å². The predicted molar refractivity (Wildman–Crippen MR) is 212 cm³/mol. The average molecular weight is 745 g/mol. The molecular weight excluding hydrogens is 696 g/mol.